The summed E-state index contributed by atoms with van der Waals surface area (Å²) in [6.45, 7) is 8.41. The predicted octanol–water partition coefficient (Wildman–Crippen LogP) is 11.7. The van der Waals surface area contributed by atoms with E-state index in [4.69, 9.17) is 11.5 Å². The molecule has 0 saturated heterocycles. The maximum atomic E-state index is 6.12. The Morgan fingerprint density at radius 1 is 0.326 bits per heavy atom. The van der Waals surface area contributed by atoms with Crippen LogP contribution in [0.2, 0.25) is 0 Å². The lowest BCUT2D eigenvalue weighted by Crippen LogP contribution is -1.97. The monoisotopic (exact) mass is 616 g/mol. The van der Waals surface area contributed by atoms with Crippen molar-refractivity contribution in [1.29, 1.82) is 0 Å². The Kier molecular flexibility index (Phi) is 14.3. The Balaban J connectivity index is 0.957. The van der Waals surface area contributed by atoms with E-state index in [9.17, 15) is 0 Å². The standard InChI is InChI=1S/C44H60N2/c1-33-27-41(28-34(2)43(33)45)31-39-23-19-37(20-24-39)17-15-13-11-9-7-5-6-8-10-12-14-16-18-38-21-25-40(26-22-38)32-42-29-35(3)44(46)36(4)30-42/h19-30H,5-18,31-32,45-46H2,1-4H3. The quantitative estimate of drug-likeness (QED) is 0.0813. The molecule has 0 atom stereocenters. The number of hydrogen-bond donors (Lipinski definition) is 2. The summed E-state index contributed by atoms with van der Waals surface area (Å²) in [5.74, 6) is 0. The Bertz CT molecular complexity index is 1320. The van der Waals surface area contributed by atoms with E-state index < -0.39 is 0 Å². The number of benzene rings is 4. The van der Waals surface area contributed by atoms with Gasteiger partial charge >= 0.3 is 0 Å². The van der Waals surface area contributed by atoms with Gasteiger partial charge in [0.2, 0.25) is 0 Å². The van der Waals surface area contributed by atoms with Gasteiger partial charge in [0.1, 0.15) is 0 Å². The van der Waals surface area contributed by atoms with Gasteiger partial charge < -0.3 is 11.5 Å². The topological polar surface area (TPSA) is 52.0 Å². The summed E-state index contributed by atoms with van der Waals surface area (Å²) in [6, 6.07) is 27.5. The molecule has 0 fully saturated rings. The van der Waals surface area contributed by atoms with Crippen molar-refractivity contribution in [3.05, 3.63) is 128 Å². The van der Waals surface area contributed by atoms with E-state index in [1.807, 2.05) is 0 Å². The highest BCUT2D eigenvalue weighted by Crippen LogP contribution is 2.23. The van der Waals surface area contributed by atoms with Crippen molar-refractivity contribution in [3.63, 3.8) is 0 Å². The molecule has 4 N–H and O–H groups in total. The first-order chi connectivity index (χ1) is 22.3. The Hall–Kier alpha value is -3.52. The SMILES string of the molecule is Cc1cc(Cc2ccc(CCCCCCCCCCCCCCc3ccc(Cc4cc(C)c(N)c(C)c4)cc3)cc2)cc(C)c1N. The van der Waals surface area contributed by atoms with E-state index in [0.717, 1.165) is 24.2 Å². The maximum Gasteiger partial charge on any atom is 0.0373 e. The number of aryl methyl sites for hydroxylation is 6. The summed E-state index contributed by atoms with van der Waals surface area (Å²) in [7, 11) is 0. The molecule has 246 valence electrons. The molecule has 0 amide bonds. The molecule has 0 aromatic heterocycles. The first-order valence-electron chi connectivity index (χ1n) is 18.2. The molecule has 0 unspecified atom stereocenters. The first-order valence-corrected chi connectivity index (χ1v) is 18.2. The molecule has 0 spiro atoms. The van der Waals surface area contributed by atoms with Gasteiger partial charge in [-0.3, -0.25) is 0 Å². The minimum Gasteiger partial charge on any atom is -0.398 e. The summed E-state index contributed by atoms with van der Waals surface area (Å²) >= 11 is 0. The third kappa shape index (κ3) is 11.7. The van der Waals surface area contributed by atoms with Gasteiger partial charge in [-0.2, -0.15) is 0 Å². The van der Waals surface area contributed by atoms with Gasteiger partial charge in [-0.1, -0.05) is 137 Å². The smallest absolute Gasteiger partial charge is 0.0373 e. The fourth-order valence-electron chi connectivity index (χ4n) is 6.88. The van der Waals surface area contributed by atoms with Gasteiger partial charge in [0.15, 0.2) is 0 Å². The lowest BCUT2D eigenvalue weighted by molar-refractivity contribution is 0.540. The van der Waals surface area contributed by atoms with Crippen molar-refractivity contribution in [2.75, 3.05) is 11.5 Å². The molecule has 4 aromatic rings. The van der Waals surface area contributed by atoms with Crippen LogP contribution in [-0.2, 0) is 25.7 Å². The van der Waals surface area contributed by atoms with E-state index in [0.29, 0.717) is 0 Å². The van der Waals surface area contributed by atoms with Gasteiger partial charge in [0, 0.05) is 11.4 Å². The van der Waals surface area contributed by atoms with Gasteiger partial charge in [-0.25, -0.2) is 0 Å². The van der Waals surface area contributed by atoms with E-state index in [-0.39, 0.29) is 0 Å². The van der Waals surface area contributed by atoms with Crippen LogP contribution in [0, 0.1) is 27.7 Å². The molecule has 46 heavy (non-hydrogen) atoms. The van der Waals surface area contributed by atoms with Crippen molar-refractivity contribution >= 4 is 11.4 Å². The zero-order valence-corrected chi connectivity index (χ0v) is 29.4. The van der Waals surface area contributed by atoms with Crippen molar-refractivity contribution in [2.24, 2.45) is 0 Å². The van der Waals surface area contributed by atoms with Crippen LogP contribution < -0.4 is 11.5 Å². The number of rotatable bonds is 19. The highest BCUT2D eigenvalue weighted by molar-refractivity contribution is 5.55. The predicted molar refractivity (Wildman–Crippen MR) is 202 cm³/mol. The number of nitrogen functional groups attached to an aromatic ring is 2. The fourth-order valence-corrected chi connectivity index (χ4v) is 6.88. The Labute approximate surface area is 281 Å². The zero-order chi connectivity index (χ0) is 32.7. The van der Waals surface area contributed by atoms with E-state index in [1.54, 1.807) is 0 Å². The van der Waals surface area contributed by atoms with Gasteiger partial charge in [-0.15, -0.1) is 0 Å². The van der Waals surface area contributed by atoms with E-state index >= 15 is 0 Å². The molecule has 0 bridgehead atoms. The lowest BCUT2D eigenvalue weighted by atomic mass is 9.97. The molecule has 0 radical (unpaired) electrons. The first kappa shape index (κ1) is 35.3. The van der Waals surface area contributed by atoms with Crippen molar-refractivity contribution < 1.29 is 0 Å². The van der Waals surface area contributed by atoms with Crippen LogP contribution in [0.25, 0.3) is 0 Å². The van der Waals surface area contributed by atoms with Gasteiger partial charge in [0.05, 0.1) is 0 Å². The van der Waals surface area contributed by atoms with Crippen LogP contribution in [0.1, 0.15) is 133 Å². The number of hydrogen-bond acceptors (Lipinski definition) is 2. The fraction of sp³-hybridized carbons (Fsp3) is 0.455. The average Bonchev–Trinajstić information content (AvgIpc) is 3.04. The zero-order valence-electron chi connectivity index (χ0n) is 29.4. The third-order valence-electron chi connectivity index (χ3n) is 9.85. The van der Waals surface area contributed by atoms with Crippen LogP contribution in [0.3, 0.4) is 0 Å². The summed E-state index contributed by atoms with van der Waals surface area (Å²) < 4.78 is 0. The van der Waals surface area contributed by atoms with Crippen LogP contribution >= 0.6 is 0 Å². The minimum absolute atomic E-state index is 0.923. The minimum atomic E-state index is 0.923. The van der Waals surface area contributed by atoms with Crippen LogP contribution in [0.15, 0.2) is 72.8 Å². The largest absolute Gasteiger partial charge is 0.398 e. The molecule has 0 saturated carbocycles. The van der Waals surface area contributed by atoms with Gasteiger partial charge in [0.25, 0.3) is 0 Å². The second kappa shape index (κ2) is 18.6. The second-order valence-electron chi connectivity index (χ2n) is 14.0. The molecule has 2 nitrogen and oxygen atoms in total. The molecular weight excluding hydrogens is 556 g/mol. The molecule has 4 aromatic carbocycles. The average molecular weight is 617 g/mol. The summed E-state index contributed by atoms with van der Waals surface area (Å²) in [6.07, 6.45) is 20.9. The summed E-state index contributed by atoms with van der Waals surface area (Å²) in [4.78, 5) is 0. The van der Waals surface area contributed by atoms with Crippen molar-refractivity contribution in [2.45, 2.75) is 130 Å². The molecule has 0 aliphatic carbocycles. The molecule has 0 aliphatic rings. The number of nitrogens with two attached hydrogens (primary N) is 2. The van der Waals surface area contributed by atoms with E-state index in [1.165, 1.54) is 146 Å². The molecule has 4 rings (SSSR count). The molecule has 0 heterocycles. The summed E-state index contributed by atoms with van der Waals surface area (Å²) in [5.41, 5.74) is 27.2. The molecular formula is C44H60N2. The third-order valence-corrected chi connectivity index (χ3v) is 9.85. The van der Waals surface area contributed by atoms with Crippen LogP contribution in [0.4, 0.5) is 11.4 Å². The Morgan fingerprint density at radius 2 is 0.565 bits per heavy atom. The highest BCUT2D eigenvalue weighted by atomic mass is 14.6. The van der Waals surface area contributed by atoms with Crippen molar-refractivity contribution in [3.8, 4) is 0 Å². The lowest BCUT2D eigenvalue weighted by Gasteiger charge is -2.10. The molecule has 0 aliphatic heterocycles. The second-order valence-corrected chi connectivity index (χ2v) is 14.0. The highest BCUT2D eigenvalue weighted by Gasteiger charge is 2.05. The number of unbranched alkanes of at least 4 members (excludes halogenated alkanes) is 11. The van der Waals surface area contributed by atoms with Gasteiger partial charge in [-0.05, 0) is 122 Å². The van der Waals surface area contributed by atoms with Crippen LogP contribution in [-0.4, -0.2) is 0 Å². The normalized spacial score (nSPS) is 11.3. The maximum absolute atomic E-state index is 6.12. The summed E-state index contributed by atoms with van der Waals surface area (Å²) in [5, 5.41) is 0. The Morgan fingerprint density at radius 3 is 0.848 bits per heavy atom. The van der Waals surface area contributed by atoms with Crippen molar-refractivity contribution in [1.82, 2.24) is 0 Å². The molecule has 2 heteroatoms. The van der Waals surface area contributed by atoms with E-state index in [2.05, 4.69) is 100 Å². The number of anilines is 2. The van der Waals surface area contributed by atoms with Crippen LogP contribution in [0.5, 0.6) is 0 Å².